The molecular weight excluding hydrogens is 438 g/mol. The van der Waals surface area contributed by atoms with Crippen molar-refractivity contribution in [3.05, 3.63) is 50.7 Å². The average molecular weight is 464 g/mol. The molecule has 3 N–H and O–H groups in total. The van der Waals surface area contributed by atoms with Crippen LogP contribution in [0.3, 0.4) is 0 Å². The molecule has 0 aliphatic carbocycles. The fourth-order valence-corrected chi connectivity index (χ4v) is 4.48. The molecule has 1 aromatic heterocycles. The molecule has 7 nitrogen and oxygen atoms in total. The molecule has 31 heavy (non-hydrogen) atoms. The normalized spacial score (nSPS) is 14.9. The smallest absolute Gasteiger partial charge is 0.303 e. The Labute approximate surface area is 190 Å². The van der Waals surface area contributed by atoms with Crippen LogP contribution in [0.15, 0.2) is 30.3 Å². The Hall–Kier alpha value is -2.42. The maximum Gasteiger partial charge on any atom is 0.303 e. The summed E-state index contributed by atoms with van der Waals surface area (Å²) in [4.78, 5) is 39.0. The standard InChI is InChI=1S/C22H26ClN3O4S/c1-26-11-9-14-5-6-16(13-15(14)10-12-26)24-21(29)17(3-2-4-20(27)28)25-22(30)18-7-8-19(23)31-18/h5-8,13,17H,2-4,9-12H2,1H3,(H,24,29)(H,25,30)(H,27,28)/t17-/m1/s1. The number of carbonyl (C=O) groups excluding carboxylic acids is 2. The number of carboxylic acids is 1. The first-order chi connectivity index (χ1) is 14.8. The molecule has 2 heterocycles. The molecule has 0 unspecified atom stereocenters. The summed E-state index contributed by atoms with van der Waals surface area (Å²) in [6.45, 7) is 1.96. The zero-order valence-electron chi connectivity index (χ0n) is 17.3. The quantitative estimate of drug-likeness (QED) is 0.557. The molecule has 166 valence electrons. The third kappa shape index (κ3) is 6.78. The van der Waals surface area contributed by atoms with Crippen molar-refractivity contribution >= 4 is 46.4 Å². The number of hydrogen-bond acceptors (Lipinski definition) is 5. The Morgan fingerprint density at radius 2 is 1.90 bits per heavy atom. The number of halogens is 1. The van der Waals surface area contributed by atoms with E-state index in [2.05, 4.69) is 22.6 Å². The van der Waals surface area contributed by atoms with Crippen molar-refractivity contribution in [2.75, 3.05) is 25.5 Å². The number of carbonyl (C=O) groups is 3. The van der Waals surface area contributed by atoms with Crippen molar-refractivity contribution in [3.8, 4) is 0 Å². The number of thiophene rings is 1. The molecule has 0 spiro atoms. The number of hydrogen-bond donors (Lipinski definition) is 3. The van der Waals surface area contributed by atoms with Crippen molar-refractivity contribution in [2.24, 2.45) is 0 Å². The second-order valence-electron chi connectivity index (χ2n) is 7.69. The van der Waals surface area contributed by atoms with Crippen LogP contribution < -0.4 is 10.6 Å². The van der Waals surface area contributed by atoms with Crippen LogP contribution in [0.4, 0.5) is 5.69 Å². The van der Waals surface area contributed by atoms with Gasteiger partial charge in [0, 0.05) is 25.2 Å². The number of anilines is 1. The highest BCUT2D eigenvalue weighted by atomic mass is 35.5. The van der Waals surface area contributed by atoms with Crippen LogP contribution >= 0.6 is 22.9 Å². The minimum atomic E-state index is -0.939. The summed E-state index contributed by atoms with van der Waals surface area (Å²) in [7, 11) is 2.10. The zero-order chi connectivity index (χ0) is 22.4. The van der Waals surface area contributed by atoms with Gasteiger partial charge in [-0.2, -0.15) is 0 Å². The van der Waals surface area contributed by atoms with Gasteiger partial charge in [-0.1, -0.05) is 17.7 Å². The Bertz CT molecular complexity index is 962. The maximum atomic E-state index is 12.9. The summed E-state index contributed by atoms with van der Waals surface area (Å²) < 4.78 is 0.479. The van der Waals surface area contributed by atoms with Crippen molar-refractivity contribution in [1.29, 1.82) is 0 Å². The number of likely N-dealkylation sites (N-methyl/N-ethyl adjacent to an activating group) is 1. The number of nitrogens with zero attached hydrogens (tertiary/aromatic N) is 1. The lowest BCUT2D eigenvalue weighted by atomic mass is 10.0. The summed E-state index contributed by atoms with van der Waals surface area (Å²) >= 11 is 7.02. The van der Waals surface area contributed by atoms with Crippen LogP contribution in [0.1, 0.15) is 40.1 Å². The van der Waals surface area contributed by atoms with E-state index in [1.54, 1.807) is 12.1 Å². The second kappa shape index (κ2) is 10.7. The Morgan fingerprint density at radius 3 is 2.58 bits per heavy atom. The van der Waals surface area contributed by atoms with Gasteiger partial charge in [-0.25, -0.2) is 0 Å². The monoisotopic (exact) mass is 463 g/mol. The first-order valence-electron chi connectivity index (χ1n) is 10.2. The number of carboxylic acid groups (broad SMARTS) is 1. The lowest BCUT2D eigenvalue weighted by Crippen LogP contribution is -2.43. The third-order valence-electron chi connectivity index (χ3n) is 5.30. The lowest BCUT2D eigenvalue weighted by Gasteiger charge is -2.18. The minimum Gasteiger partial charge on any atom is -0.481 e. The molecule has 0 fully saturated rings. The van der Waals surface area contributed by atoms with Crippen LogP contribution in [0, 0.1) is 0 Å². The van der Waals surface area contributed by atoms with E-state index in [9.17, 15) is 14.4 Å². The van der Waals surface area contributed by atoms with Gasteiger partial charge in [-0.3, -0.25) is 14.4 Å². The highest BCUT2D eigenvalue weighted by Crippen LogP contribution is 2.22. The van der Waals surface area contributed by atoms with Crippen molar-refractivity contribution < 1.29 is 19.5 Å². The Balaban J connectivity index is 1.70. The third-order valence-corrected chi connectivity index (χ3v) is 6.53. The van der Waals surface area contributed by atoms with E-state index in [1.165, 1.54) is 11.1 Å². The van der Waals surface area contributed by atoms with Crippen LogP contribution in [-0.4, -0.2) is 54.0 Å². The van der Waals surface area contributed by atoms with Gasteiger partial charge in [0.15, 0.2) is 0 Å². The molecule has 3 rings (SSSR count). The summed E-state index contributed by atoms with van der Waals surface area (Å²) in [5, 5.41) is 14.5. The van der Waals surface area contributed by atoms with Crippen LogP contribution in [0.5, 0.6) is 0 Å². The maximum absolute atomic E-state index is 12.9. The number of aliphatic carboxylic acids is 1. The molecule has 0 bridgehead atoms. The largest absolute Gasteiger partial charge is 0.481 e. The molecule has 2 aromatic rings. The Morgan fingerprint density at radius 1 is 1.16 bits per heavy atom. The second-order valence-corrected chi connectivity index (χ2v) is 9.41. The molecule has 1 aliphatic heterocycles. The number of amides is 2. The first-order valence-corrected chi connectivity index (χ1v) is 11.4. The van der Waals surface area contributed by atoms with Gasteiger partial charge in [0.05, 0.1) is 9.21 Å². The van der Waals surface area contributed by atoms with Crippen molar-refractivity contribution in [2.45, 2.75) is 38.1 Å². The fourth-order valence-electron chi connectivity index (χ4n) is 3.54. The molecule has 2 amide bonds. The number of nitrogens with one attached hydrogen (secondary N) is 2. The molecule has 0 saturated carbocycles. The summed E-state index contributed by atoms with van der Waals surface area (Å²) in [5.41, 5.74) is 3.16. The zero-order valence-corrected chi connectivity index (χ0v) is 18.9. The molecule has 1 aliphatic rings. The number of fused-ring (bicyclic) bond motifs is 1. The van der Waals surface area contributed by atoms with Crippen LogP contribution in [0.2, 0.25) is 4.34 Å². The van der Waals surface area contributed by atoms with E-state index < -0.39 is 17.9 Å². The van der Waals surface area contributed by atoms with Crippen LogP contribution in [-0.2, 0) is 22.4 Å². The number of benzene rings is 1. The Kier molecular flexibility index (Phi) is 8.06. The van der Waals surface area contributed by atoms with Gasteiger partial charge < -0.3 is 20.6 Å². The van der Waals surface area contributed by atoms with E-state index in [0.29, 0.717) is 14.9 Å². The van der Waals surface area contributed by atoms with Gasteiger partial charge in [0.25, 0.3) is 5.91 Å². The molecular formula is C22H26ClN3O4S. The van der Waals surface area contributed by atoms with E-state index in [1.807, 2.05) is 18.2 Å². The first kappa shape index (κ1) is 23.2. The van der Waals surface area contributed by atoms with Gasteiger partial charge in [-0.15, -0.1) is 11.3 Å². The van der Waals surface area contributed by atoms with Crippen molar-refractivity contribution in [3.63, 3.8) is 0 Å². The molecule has 1 aromatic carbocycles. The summed E-state index contributed by atoms with van der Waals surface area (Å²) in [6, 6.07) is 8.26. The van der Waals surface area contributed by atoms with Gasteiger partial charge in [-0.05, 0) is 68.1 Å². The minimum absolute atomic E-state index is 0.0726. The fraction of sp³-hybridized carbons (Fsp3) is 0.409. The van der Waals surface area contributed by atoms with E-state index in [0.717, 1.165) is 37.3 Å². The van der Waals surface area contributed by atoms with Gasteiger partial charge in [0.1, 0.15) is 6.04 Å². The highest BCUT2D eigenvalue weighted by Gasteiger charge is 2.23. The molecule has 9 heteroatoms. The highest BCUT2D eigenvalue weighted by molar-refractivity contribution is 7.18. The van der Waals surface area contributed by atoms with Crippen LogP contribution in [0.25, 0.3) is 0 Å². The van der Waals surface area contributed by atoms with E-state index in [4.69, 9.17) is 16.7 Å². The topological polar surface area (TPSA) is 98.7 Å². The van der Waals surface area contributed by atoms with Gasteiger partial charge in [0.2, 0.25) is 5.91 Å². The molecule has 0 radical (unpaired) electrons. The lowest BCUT2D eigenvalue weighted by molar-refractivity contribution is -0.137. The predicted octanol–water partition coefficient (Wildman–Crippen LogP) is 3.42. The van der Waals surface area contributed by atoms with E-state index >= 15 is 0 Å². The average Bonchev–Trinajstić information content (AvgIpc) is 3.08. The summed E-state index contributed by atoms with van der Waals surface area (Å²) in [6.07, 6.45) is 2.30. The predicted molar refractivity (Wildman–Crippen MR) is 122 cm³/mol. The summed E-state index contributed by atoms with van der Waals surface area (Å²) in [5.74, 6) is -1.71. The molecule has 0 saturated heterocycles. The molecule has 1 atom stereocenters. The van der Waals surface area contributed by atoms with E-state index in [-0.39, 0.29) is 25.2 Å². The number of rotatable bonds is 8. The van der Waals surface area contributed by atoms with Crippen molar-refractivity contribution in [1.82, 2.24) is 10.2 Å². The SMILES string of the molecule is CN1CCc2ccc(NC(=O)[C@@H](CCCC(=O)O)NC(=O)c3ccc(Cl)s3)cc2CC1. The van der Waals surface area contributed by atoms with Gasteiger partial charge >= 0.3 is 5.97 Å².